The molecule has 3 spiro atoms. The van der Waals surface area contributed by atoms with Crippen molar-refractivity contribution in [2.24, 2.45) is 28.1 Å². The van der Waals surface area contributed by atoms with E-state index in [1.54, 1.807) is 0 Å². The Bertz CT molecular complexity index is 648. The normalized spacial score (nSPS) is 58.7. The van der Waals surface area contributed by atoms with E-state index < -0.39 is 27.8 Å². The second kappa shape index (κ2) is 2.68. The van der Waals surface area contributed by atoms with Crippen LogP contribution in [0.1, 0.15) is 25.7 Å². The average Bonchev–Trinajstić information content (AvgIpc) is 2.96. The van der Waals surface area contributed by atoms with Crippen molar-refractivity contribution in [3.8, 4) is 0 Å². The molecule has 7 atom stereocenters. The summed E-state index contributed by atoms with van der Waals surface area (Å²) >= 11 is 0. The first-order chi connectivity index (χ1) is 9.14. The molecule has 5 aliphatic carbocycles. The van der Waals surface area contributed by atoms with Gasteiger partial charge in [0.05, 0.1) is 6.10 Å². The van der Waals surface area contributed by atoms with Crippen LogP contribution in [0.2, 0.25) is 0 Å². The predicted molar refractivity (Wildman–Crippen MR) is 60.1 cm³/mol. The van der Waals surface area contributed by atoms with Crippen molar-refractivity contribution in [1.82, 2.24) is 0 Å². The van der Waals surface area contributed by atoms with Gasteiger partial charge < -0.3 is 9.84 Å². The van der Waals surface area contributed by atoms with E-state index in [-0.39, 0.29) is 22.2 Å². The van der Waals surface area contributed by atoms with Gasteiger partial charge in [0.25, 0.3) is 0 Å². The molecule has 0 amide bonds. The number of halogens is 2. The molecular weight excluding hydrogens is 294 g/mol. The fraction of sp³-hybridized carbons (Fsp3) is 1.00. The summed E-state index contributed by atoms with van der Waals surface area (Å²) in [6, 6.07) is 0. The van der Waals surface area contributed by atoms with Crippen molar-refractivity contribution in [3.63, 3.8) is 0 Å². The molecule has 5 nitrogen and oxygen atoms in total. The number of rotatable bonds is 4. The molecule has 0 aromatic carbocycles. The molecule has 112 valence electrons. The van der Waals surface area contributed by atoms with Crippen LogP contribution in [0.15, 0.2) is 0 Å². The standard InChI is InChI=1S/C12H14F2O5S/c13-12(14,20(16,17)18)8(15)19-7-6-1-5-2-9-4-11(7,9)10(6,9)3-5/h5-8,15H,1-4H2,(H,16,17,18). The van der Waals surface area contributed by atoms with E-state index in [0.717, 1.165) is 25.7 Å². The third kappa shape index (κ3) is 0.816. The van der Waals surface area contributed by atoms with Gasteiger partial charge in [-0.25, -0.2) is 0 Å². The van der Waals surface area contributed by atoms with E-state index in [9.17, 15) is 22.3 Å². The number of fused-ring (bicyclic) bond motifs is 1. The quantitative estimate of drug-likeness (QED) is 0.598. The van der Waals surface area contributed by atoms with E-state index in [4.69, 9.17) is 9.29 Å². The van der Waals surface area contributed by atoms with E-state index in [1.807, 2.05) is 0 Å². The molecule has 0 saturated heterocycles. The molecule has 0 aliphatic heterocycles. The molecule has 0 heterocycles. The lowest BCUT2D eigenvalue weighted by Crippen LogP contribution is -2.54. The van der Waals surface area contributed by atoms with Crippen LogP contribution >= 0.6 is 0 Å². The first-order valence-corrected chi connectivity index (χ1v) is 8.26. The molecule has 20 heavy (non-hydrogen) atoms. The van der Waals surface area contributed by atoms with Crippen molar-refractivity contribution in [3.05, 3.63) is 0 Å². The summed E-state index contributed by atoms with van der Waals surface area (Å²) in [7, 11) is -5.68. The van der Waals surface area contributed by atoms with Gasteiger partial charge >= 0.3 is 15.4 Å². The number of hydrogen-bond donors (Lipinski definition) is 2. The fourth-order valence-electron chi connectivity index (χ4n) is 6.76. The smallest absolute Gasteiger partial charge is 0.362 e. The van der Waals surface area contributed by atoms with E-state index >= 15 is 0 Å². The first-order valence-electron chi connectivity index (χ1n) is 6.82. The maximum absolute atomic E-state index is 13.4. The maximum Gasteiger partial charge on any atom is 0.418 e. The Labute approximate surface area is 114 Å². The van der Waals surface area contributed by atoms with Gasteiger partial charge in [0.2, 0.25) is 6.29 Å². The Kier molecular flexibility index (Phi) is 1.64. The van der Waals surface area contributed by atoms with Crippen LogP contribution in [-0.2, 0) is 14.9 Å². The van der Waals surface area contributed by atoms with E-state index in [0.29, 0.717) is 5.92 Å². The Balaban J connectivity index is 1.41. The lowest BCUT2D eigenvalue weighted by Gasteiger charge is -2.49. The minimum absolute atomic E-state index is 0.0616. The van der Waals surface area contributed by atoms with Crippen LogP contribution in [0, 0.1) is 28.1 Å². The van der Waals surface area contributed by atoms with Crippen LogP contribution in [0.3, 0.4) is 0 Å². The molecule has 0 aromatic heterocycles. The Morgan fingerprint density at radius 1 is 1.30 bits per heavy atom. The van der Waals surface area contributed by atoms with Crippen LogP contribution in [0.4, 0.5) is 8.78 Å². The van der Waals surface area contributed by atoms with Gasteiger partial charge in [-0.05, 0) is 48.3 Å². The molecule has 5 fully saturated rings. The second-order valence-corrected chi connectivity index (χ2v) is 8.76. The lowest BCUT2D eigenvalue weighted by atomic mass is 9.60. The zero-order valence-electron chi connectivity index (χ0n) is 10.4. The van der Waals surface area contributed by atoms with Gasteiger partial charge in [-0.15, -0.1) is 0 Å². The third-order valence-corrected chi connectivity index (χ3v) is 8.01. The summed E-state index contributed by atoms with van der Waals surface area (Å²) in [4.78, 5) is 0. The zero-order chi connectivity index (χ0) is 14.3. The summed E-state index contributed by atoms with van der Waals surface area (Å²) in [6.07, 6.45) is 0.889. The second-order valence-electron chi connectivity index (χ2n) is 7.26. The van der Waals surface area contributed by atoms with Gasteiger partial charge in [-0.2, -0.15) is 17.2 Å². The largest absolute Gasteiger partial charge is 0.418 e. The van der Waals surface area contributed by atoms with Gasteiger partial charge in [0, 0.05) is 5.41 Å². The van der Waals surface area contributed by atoms with Crippen molar-refractivity contribution in [2.45, 2.75) is 43.3 Å². The summed E-state index contributed by atoms with van der Waals surface area (Å²) < 4.78 is 61.5. The van der Waals surface area contributed by atoms with E-state index in [1.165, 1.54) is 0 Å². The first kappa shape index (κ1) is 12.3. The zero-order valence-corrected chi connectivity index (χ0v) is 11.2. The maximum atomic E-state index is 13.4. The van der Waals surface area contributed by atoms with E-state index in [2.05, 4.69) is 0 Å². The van der Waals surface area contributed by atoms with Crippen molar-refractivity contribution in [2.75, 3.05) is 0 Å². The van der Waals surface area contributed by atoms with Crippen molar-refractivity contribution in [1.29, 1.82) is 0 Å². The minimum Gasteiger partial charge on any atom is -0.362 e. The monoisotopic (exact) mass is 308 g/mol. The predicted octanol–water partition coefficient (Wildman–Crippen LogP) is 0.991. The molecule has 5 rings (SSSR count). The number of hydrogen-bond acceptors (Lipinski definition) is 4. The number of aliphatic hydroxyl groups is 1. The molecule has 0 radical (unpaired) electrons. The Morgan fingerprint density at radius 2 is 2.00 bits per heavy atom. The van der Waals surface area contributed by atoms with Gasteiger partial charge in [-0.3, -0.25) is 4.55 Å². The van der Waals surface area contributed by atoms with Crippen LogP contribution in [0.25, 0.3) is 0 Å². The van der Waals surface area contributed by atoms with Gasteiger partial charge in [0.1, 0.15) is 0 Å². The van der Waals surface area contributed by atoms with Gasteiger partial charge in [-0.1, -0.05) is 0 Å². The third-order valence-electron chi connectivity index (χ3n) is 7.12. The highest BCUT2D eigenvalue weighted by molar-refractivity contribution is 7.86. The molecule has 8 heteroatoms. The Hall–Kier alpha value is -0.310. The molecular formula is C12H14F2O5S. The highest BCUT2D eigenvalue weighted by Gasteiger charge is 3.12. The van der Waals surface area contributed by atoms with Crippen LogP contribution < -0.4 is 0 Å². The molecule has 2 bridgehead atoms. The number of alkyl halides is 2. The van der Waals surface area contributed by atoms with Crippen molar-refractivity contribution >= 4 is 10.1 Å². The molecule has 0 aromatic rings. The summed E-state index contributed by atoms with van der Waals surface area (Å²) in [5.74, 6) is 0.824. The SMILES string of the molecule is O=S(=O)(O)C(F)(F)C(O)OC1C2CC3CC45CC14C25C3. The highest BCUT2D eigenvalue weighted by Crippen LogP contribution is 3.14. The molecule has 7 unspecified atom stereocenters. The summed E-state index contributed by atoms with van der Waals surface area (Å²) in [5.41, 5.74) is 0.460. The minimum atomic E-state index is -5.68. The Morgan fingerprint density at radius 3 is 2.60 bits per heavy atom. The number of aliphatic hydroxyl groups excluding tert-OH is 1. The summed E-state index contributed by atoms with van der Waals surface area (Å²) in [6.45, 7) is 0. The van der Waals surface area contributed by atoms with Crippen LogP contribution in [-0.4, -0.2) is 35.7 Å². The van der Waals surface area contributed by atoms with Crippen molar-refractivity contribution < 1.29 is 31.6 Å². The average molecular weight is 308 g/mol. The molecule has 5 aliphatic rings. The number of ether oxygens (including phenoxy) is 1. The highest BCUT2D eigenvalue weighted by atomic mass is 32.2. The van der Waals surface area contributed by atoms with Gasteiger partial charge in [0.15, 0.2) is 0 Å². The molecule has 5 saturated carbocycles. The molecule has 2 N–H and O–H groups in total. The summed E-state index contributed by atoms with van der Waals surface area (Å²) in [5, 5.41) is 4.74. The van der Waals surface area contributed by atoms with Crippen LogP contribution in [0.5, 0.6) is 0 Å². The fourth-order valence-corrected chi connectivity index (χ4v) is 7.07. The lowest BCUT2D eigenvalue weighted by molar-refractivity contribution is -0.266. The topological polar surface area (TPSA) is 83.8 Å².